The highest BCUT2D eigenvalue weighted by molar-refractivity contribution is 5.95. The first-order valence-electron chi connectivity index (χ1n) is 11.2. The average molecular weight is 407 g/mol. The van der Waals surface area contributed by atoms with E-state index in [-0.39, 0.29) is 0 Å². The van der Waals surface area contributed by atoms with Gasteiger partial charge in [0.1, 0.15) is 0 Å². The molecule has 0 N–H and O–H groups in total. The number of rotatable bonds is 2. The van der Waals surface area contributed by atoms with Gasteiger partial charge in [0.05, 0.1) is 0 Å². The molecule has 0 unspecified atom stereocenters. The van der Waals surface area contributed by atoms with E-state index in [0.29, 0.717) is 0 Å². The number of allylic oxidation sites excluding steroid dienone is 2. The molecule has 0 aliphatic heterocycles. The summed E-state index contributed by atoms with van der Waals surface area (Å²) >= 11 is 0. The summed E-state index contributed by atoms with van der Waals surface area (Å²) in [5.41, 5.74) is 5.63. The minimum absolute atomic E-state index is 0.844. The van der Waals surface area contributed by atoms with Crippen LogP contribution in [-0.2, 0) is 17.6 Å². The SMILES string of the molecule is C1=Cc2cccc3cccc(c23)C1.C1=Cc2cccc3cccc(c23)C1.CCOCC. The van der Waals surface area contributed by atoms with Crippen molar-refractivity contribution in [3.8, 4) is 0 Å². The van der Waals surface area contributed by atoms with Crippen molar-refractivity contribution < 1.29 is 4.74 Å². The molecule has 0 amide bonds. The van der Waals surface area contributed by atoms with Crippen LogP contribution < -0.4 is 0 Å². The van der Waals surface area contributed by atoms with E-state index in [9.17, 15) is 0 Å². The summed E-state index contributed by atoms with van der Waals surface area (Å²) in [7, 11) is 0. The van der Waals surface area contributed by atoms with Crippen LogP contribution in [0.15, 0.2) is 84.9 Å². The summed E-state index contributed by atoms with van der Waals surface area (Å²) in [4.78, 5) is 0. The highest BCUT2D eigenvalue weighted by atomic mass is 16.5. The quantitative estimate of drug-likeness (QED) is 0.329. The Hall–Kier alpha value is -3.16. The standard InChI is InChI=1S/2C13H10.C4H10O/c2*1-4-10-6-2-8-12-9-3-7-11(5-1)13(10)12;1-3-5-4-2/h2*1-8H,9H2;3-4H2,1-2H3. The molecule has 31 heavy (non-hydrogen) atoms. The topological polar surface area (TPSA) is 9.23 Å². The number of ether oxygens (including phenoxy) is 1. The van der Waals surface area contributed by atoms with Gasteiger partial charge in [0.2, 0.25) is 0 Å². The lowest BCUT2D eigenvalue weighted by atomic mass is 9.93. The molecule has 2 aliphatic carbocycles. The molecule has 4 aromatic carbocycles. The van der Waals surface area contributed by atoms with E-state index < -0.39 is 0 Å². The zero-order valence-electron chi connectivity index (χ0n) is 18.5. The molecular formula is C30H30O. The monoisotopic (exact) mass is 406 g/mol. The lowest BCUT2D eigenvalue weighted by molar-refractivity contribution is 0.162. The molecule has 6 rings (SSSR count). The second kappa shape index (κ2) is 10.2. The van der Waals surface area contributed by atoms with Crippen molar-refractivity contribution in [2.75, 3.05) is 13.2 Å². The van der Waals surface area contributed by atoms with Crippen LogP contribution >= 0.6 is 0 Å². The summed E-state index contributed by atoms with van der Waals surface area (Å²) in [5, 5.41) is 5.60. The Kier molecular flexibility index (Phi) is 6.96. The Morgan fingerprint density at radius 3 is 1.39 bits per heavy atom. The lowest BCUT2D eigenvalue weighted by Gasteiger charge is -2.11. The van der Waals surface area contributed by atoms with Gasteiger partial charge in [-0.15, -0.1) is 0 Å². The zero-order valence-corrected chi connectivity index (χ0v) is 18.5. The number of hydrogen-bond acceptors (Lipinski definition) is 1. The maximum Gasteiger partial charge on any atom is 0.0437 e. The van der Waals surface area contributed by atoms with E-state index in [1.54, 1.807) is 0 Å². The second-order valence-electron chi connectivity index (χ2n) is 7.72. The van der Waals surface area contributed by atoms with Gasteiger partial charge < -0.3 is 4.74 Å². The minimum Gasteiger partial charge on any atom is -0.382 e. The van der Waals surface area contributed by atoms with Crippen molar-refractivity contribution in [3.05, 3.63) is 107 Å². The molecule has 0 saturated heterocycles. The molecule has 4 aromatic rings. The molecule has 1 heteroatoms. The third-order valence-electron chi connectivity index (χ3n) is 5.73. The van der Waals surface area contributed by atoms with Crippen LogP contribution in [0.25, 0.3) is 33.7 Å². The van der Waals surface area contributed by atoms with Crippen molar-refractivity contribution in [1.82, 2.24) is 0 Å². The van der Waals surface area contributed by atoms with Crippen LogP contribution in [0.1, 0.15) is 36.1 Å². The smallest absolute Gasteiger partial charge is 0.0437 e. The Labute approximate surface area is 185 Å². The van der Waals surface area contributed by atoms with Crippen LogP contribution in [0.3, 0.4) is 0 Å². The fraction of sp³-hybridized carbons (Fsp3) is 0.200. The fourth-order valence-corrected chi connectivity index (χ4v) is 4.35. The van der Waals surface area contributed by atoms with E-state index in [4.69, 9.17) is 4.74 Å². The summed E-state index contributed by atoms with van der Waals surface area (Å²) < 4.78 is 4.83. The Morgan fingerprint density at radius 2 is 1.00 bits per heavy atom. The van der Waals surface area contributed by atoms with Crippen LogP contribution in [0.4, 0.5) is 0 Å². The normalized spacial score (nSPS) is 12.7. The van der Waals surface area contributed by atoms with E-state index in [1.165, 1.54) is 43.8 Å². The Morgan fingerprint density at radius 1 is 0.581 bits per heavy atom. The number of benzene rings is 4. The van der Waals surface area contributed by atoms with Gasteiger partial charge >= 0.3 is 0 Å². The summed E-state index contributed by atoms with van der Waals surface area (Å²) in [6.45, 7) is 5.67. The highest BCUT2D eigenvalue weighted by Gasteiger charge is 2.07. The first-order chi connectivity index (χ1) is 15.3. The van der Waals surface area contributed by atoms with Crippen molar-refractivity contribution in [2.45, 2.75) is 26.7 Å². The molecule has 0 fully saturated rings. The van der Waals surface area contributed by atoms with Gasteiger partial charge in [0.25, 0.3) is 0 Å². The first-order valence-corrected chi connectivity index (χ1v) is 11.2. The molecule has 0 spiro atoms. The number of hydrogen-bond donors (Lipinski definition) is 0. The third kappa shape index (κ3) is 4.78. The van der Waals surface area contributed by atoms with Gasteiger partial charge in [-0.1, -0.05) is 97.1 Å². The van der Waals surface area contributed by atoms with E-state index >= 15 is 0 Å². The van der Waals surface area contributed by atoms with Gasteiger partial charge in [0.15, 0.2) is 0 Å². The van der Waals surface area contributed by atoms with E-state index in [0.717, 1.165) is 26.1 Å². The molecule has 2 aliphatic rings. The van der Waals surface area contributed by atoms with Gasteiger partial charge in [-0.05, 0) is 70.5 Å². The van der Waals surface area contributed by atoms with Crippen LogP contribution in [0.2, 0.25) is 0 Å². The summed E-state index contributed by atoms with van der Waals surface area (Å²) in [6, 6.07) is 26.1. The summed E-state index contributed by atoms with van der Waals surface area (Å²) in [5.74, 6) is 0. The molecule has 0 heterocycles. The van der Waals surface area contributed by atoms with E-state index in [1.807, 2.05) is 13.8 Å². The molecule has 1 nitrogen and oxygen atoms in total. The second-order valence-corrected chi connectivity index (χ2v) is 7.72. The van der Waals surface area contributed by atoms with Crippen LogP contribution in [-0.4, -0.2) is 13.2 Å². The maximum absolute atomic E-state index is 4.83. The molecule has 0 bridgehead atoms. The summed E-state index contributed by atoms with van der Waals surface area (Å²) in [6.07, 6.45) is 11.1. The van der Waals surface area contributed by atoms with Crippen LogP contribution in [0.5, 0.6) is 0 Å². The van der Waals surface area contributed by atoms with Crippen molar-refractivity contribution >= 4 is 33.7 Å². The maximum atomic E-state index is 4.83. The van der Waals surface area contributed by atoms with Gasteiger partial charge in [-0.3, -0.25) is 0 Å². The molecule has 0 aromatic heterocycles. The molecule has 0 saturated carbocycles. The van der Waals surface area contributed by atoms with Crippen molar-refractivity contribution in [3.63, 3.8) is 0 Å². The Balaban J connectivity index is 0.000000124. The average Bonchev–Trinajstić information content (AvgIpc) is 2.82. The minimum atomic E-state index is 0.844. The zero-order chi connectivity index (χ0) is 21.5. The van der Waals surface area contributed by atoms with Gasteiger partial charge in [0, 0.05) is 13.2 Å². The molecule has 0 radical (unpaired) electrons. The van der Waals surface area contributed by atoms with E-state index in [2.05, 4.69) is 97.1 Å². The van der Waals surface area contributed by atoms with Crippen molar-refractivity contribution in [1.29, 1.82) is 0 Å². The van der Waals surface area contributed by atoms with Crippen molar-refractivity contribution in [2.24, 2.45) is 0 Å². The molecular weight excluding hydrogens is 376 g/mol. The fourth-order valence-electron chi connectivity index (χ4n) is 4.35. The predicted octanol–water partition coefficient (Wildman–Crippen LogP) is 7.86. The Bertz CT molecular complexity index is 1120. The predicted molar refractivity (Wildman–Crippen MR) is 136 cm³/mol. The lowest BCUT2D eigenvalue weighted by Crippen LogP contribution is -1.91. The third-order valence-corrected chi connectivity index (χ3v) is 5.73. The van der Waals surface area contributed by atoms with Gasteiger partial charge in [-0.25, -0.2) is 0 Å². The first kappa shape index (κ1) is 21.1. The molecule has 0 atom stereocenters. The molecule has 156 valence electrons. The van der Waals surface area contributed by atoms with Gasteiger partial charge in [-0.2, -0.15) is 0 Å². The van der Waals surface area contributed by atoms with Crippen LogP contribution in [0, 0.1) is 0 Å². The highest BCUT2D eigenvalue weighted by Crippen LogP contribution is 2.28. The largest absolute Gasteiger partial charge is 0.382 e.